The van der Waals surface area contributed by atoms with Crippen LogP contribution in [-0.2, 0) is 11.2 Å². The molecule has 148 valence electrons. The molecule has 3 aromatic rings. The van der Waals surface area contributed by atoms with Gasteiger partial charge in [-0.05, 0) is 30.7 Å². The molecule has 0 atom stereocenters. The van der Waals surface area contributed by atoms with E-state index in [0.29, 0.717) is 39.3 Å². The molecule has 2 amide bonds. The maximum Gasteiger partial charge on any atom is 0.253 e. The van der Waals surface area contributed by atoms with Gasteiger partial charge in [-0.2, -0.15) is 0 Å². The largest absolute Gasteiger partial charge is 0.352 e. The Morgan fingerprint density at radius 1 is 1.07 bits per heavy atom. The van der Waals surface area contributed by atoms with E-state index in [2.05, 4.69) is 20.8 Å². The number of aromatic nitrogens is 2. The van der Waals surface area contributed by atoms with Crippen molar-refractivity contribution in [3.05, 3.63) is 81.3 Å². The third-order valence-corrected chi connectivity index (χ3v) is 5.20. The van der Waals surface area contributed by atoms with Crippen LogP contribution in [0.25, 0.3) is 6.08 Å². The Kier molecular flexibility index (Phi) is 7.10. The Hall–Kier alpha value is -3.03. The zero-order chi connectivity index (χ0) is 20.6. The molecule has 8 heteroatoms. The van der Waals surface area contributed by atoms with Crippen LogP contribution in [0.15, 0.2) is 60.2 Å². The van der Waals surface area contributed by atoms with E-state index in [4.69, 9.17) is 11.6 Å². The number of nitrogens with one attached hydrogen (secondary N) is 2. The van der Waals surface area contributed by atoms with Crippen molar-refractivity contribution in [2.75, 3.05) is 11.9 Å². The molecule has 0 saturated carbocycles. The smallest absolute Gasteiger partial charge is 0.253 e. The maximum absolute atomic E-state index is 12.3. The molecule has 0 aliphatic rings. The molecule has 0 aliphatic carbocycles. The third-order valence-electron chi connectivity index (χ3n) is 3.97. The van der Waals surface area contributed by atoms with Crippen LogP contribution in [0.5, 0.6) is 0 Å². The van der Waals surface area contributed by atoms with Gasteiger partial charge in [-0.25, -0.2) is 0 Å². The van der Waals surface area contributed by atoms with Gasteiger partial charge in [-0.15, -0.1) is 10.2 Å². The summed E-state index contributed by atoms with van der Waals surface area (Å²) in [5, 5.41) is 15.1. The zero-order valence-corrected chi connectivity index (χ0v) is 17.3. The quantitative estimate of drug-likeness (QED) is 0.554. The van der Waals surface area contributed by atoms with Gasteiger partial charge in [0.15, 0.2) is 0 Å². The molecular weight excluding hydrogens is 408 g/mol. The van der Waals surface area contributed by atoms with Gasteiger partial charge < -0.3 is 5.32 Å². The summed E-state index contributed by atoms with van der Waals surface area (Å²) >= 11 is 7.29. The first-order chi connectivity index (χ1) is 14.0. The summed E-state index contributed by atoms with van der Waals surface area (Å²) in [6.45, 7) is 2.13. The van der Waals surface area contributed by atoms with E-state index in [-0.39, 0.29) is 11.8 Å². The number of amides is 2. The molecule has 0 unspecified atom stereocenters. The van der Waals surface area contributed by atoms with E-state index in [9.17, 15) is 9.59 Å². The third kappa shape index (κ3) is 5.97. The number of nitrogens with zero attached hydrogens (tertiary/aromatic N) is 2. The number of carbonyl (C=O) groups excluding carboxylic acids is 2. The Labute approximate surface area is 177 Å². The summed E-state index contributed by atoms with van der Waals surface area (Å²) in [6.07, 6.45) is 2.31. The average Bonchev–Trinajstić information content (AvgIpc) is 3.16. The lowest BCUT2D eigenvalue weighted by Gasteiger charge is -2.05. The first kappa shape index (κ1) is 20.7. The van der Waals surface area contributed by atoms with Crippen molar-refractivity contribution in [1.29, 1.82) is 0 Å². The molecule has 0 aliphatic heterocycles. The van der Waals surface area contributed by atoms with Crippen LogP contribution in [0.2, 0.25) is 5.02 Å². The summed E-state index contributed by atoms with van der Waals surface area (Å²) in [5.74, 6) is -0.473. The topological polar surface area (TPSA) is 84.0 Å². The highest BCUT2D eigenvalue weighted by molar-refractivity contribution is 7.15. The molecule has 2 N–H and O–H groups in total. The van der Waals surface area contributed by atoms with Crippen molar-refractivity contribution in [1.82, 2.24) is 15.5 Å². The molecule has 0 saturated heterocycles. The molecule has 1 heterocycles. The molecule has 6 nitrogen and oxygen atoms in total. The lowest BCUT2D eigenvalue weighted by Crippen LogP contribution is -2.25. The average molecular weight is 427 g/mol. The van der Waals surface area contributed by atoms with E-state index >= 15 is 0 Å². The van der Waals surface area contributed by atoms with Crippen LogP contribution < -0.4 is 10.6 Å². The highest BCUT2D eigenvalue weighted by Gasteiger charge is 2.12. The van der Waals surface area contributed by atoms with Gasteiger partial charge in [-0.3, -0.25) is 14.9 Å². The predicted molar refractivity (Wildman–Crippen MR) is 116 cm³/mol. The van der Waals surface area contributed by atoms with Gasteiger partial charge in [-0.1, -0.05) is 65.4 Å². The second-order valence-corrected chi connectivity index (χ2v) is 7.65. The molecule has 0 spiro atoms. The van der Waals surface area contributed by atoms with Crippen LogP contribution in [0, 0.1) is 0 Å². The van der Waals surface area contributed by atoms with Crippen LogP contribution in [-0.4, -0.2) is 28.6 Å². The van der Waals surface area contributed by atoms with Crippen molar-refractivity contribution in [2.45, 2.75) is 13.3 Å². The number of benzene rings is 2. The first-order valence-electron chi connectivity index (χ1n) is 8.93. The first-order valence-corrected chi connectivity index (χ1v) is 10.1. The van der Waals surface area contributed by atoms with Crippen LogP contribution in [0.1, 0.15) is 27.9 Å². The molecule has 1 aromatic heterocycles. The maximum atomic E-state index is 12.3. The van der Waals surface area contributed by atoms with Crippen molar-refractivity contribution in [3.63, 3.8) is 0 Å². The van der Waals surface area contributed by atoms with E-state index in [1.54, 1.807) is 31.2 Å². The standard InChI is InChI=1S/C21H19ClN4O2S/c1-14(13-15-7-3-2-4-8-15)19(27)24-21-26-25-18(29-21)11-12-23-20(28)16-9-5-6-10-17(16)22/h2-10,13H,11-12H2,1H3,(H,23,28)(H,24,26,27)/b14-13+. The second-order valence-electron chi connectivity index (χ2n) is 6.18. The molecule has 0 radical (unpaired) electrons. The van der Waals surface area contributed by atoms with Gasteiger partial charge in [0.1, 0.15) is 5.01 Å². The summed E-state index contributed by atoms with van der Waals surface area (Å²) in [7, 11) is 0. The summed E-state index contributed by atoms with van der Waals surface area (Å²) in [5.41, 5.74) is 1.95. The van der Waals surface area contributed by atoms with Gasteiger partial charge in [0.05, 0.1) is 10.6 Å². The fourth-order valence-corrected chi connectivity index (χ4v) is 3.45. The lowest BCUT2D eigenvalue weighted by atomic mass is 10.1. The number of hydrogen-bond donors (Lipinski definition) is 2. The van der Waals surface area contributed by atoms with E-state index in [0.717, 1.165) is 5.56 Å². The Morgan fingerprint density at radius 3 is 2.55 bits per heavy atom. The number of carbonyl (C=O) groups is 2. The van der Waals surface area contributed by atoms with Crippen LogP contribution in [0.3, 0.4) is 0 Å². The van der Waals surface area contributed by atoms with Gasteiger partial charge in [0.25, 0.3) is 11.8 Å². The van der Waals surface area contributed by atoms with Gasteiger partial charge in [0, 0.05) is 18.5 Å². The number of anilines is 1. The molecule has 3 rings (SSSR count). The Balaban J connectivity index is 1.50. The minimum Gasteiger partial charge on any atom is -0.352 e. The summed E-state index contributed by atoms with van der Waals surface area (Å²) in [6, 6.07) is 16.5. The monoisotopic (exact) mass is 426 g/mol. The molecule has 0 fully saturated rings. The molecule has 0 bridgehead atoms. The fourth-order valence-electron chi connectivity index (χ4n) is 2.49. The number of hydrogen-bond acceptors (Lipinski definition) is 5. The van der Waals surface area contributed by atoms with Crippen molar-refractivity contribution >= 4 is 46.0 Å². The number of rotatable bonds is 7. The Morgan fingerprint density at radius 2 is 1.79 bits per heavy atom. The SMILES string of the molecule is C/C(=C\c1ccccc1)C(=O)Nc1nnc(CCNC(=O)c2ccccc2Cl)s1. The van der Waals surface area contributed by atoms with Crippen LogP contribution in [0.4, 0.5) is 5.13 Å². The Bertz CT molecular complexity index is 1030. The number of halogens is 1. The molecule has 29 heavy (non-hydrogen) atoms. The fraction of sp³-hybridized carbons (Fsp3) is 0.143. The van der Waals surface area contributed by atoms with Gasteiger partial charge >= 0.3 is 0 Å². The highest BCUT2D eigenvalue weighted by atomic mass is 35.5. The normalized spacial score (nSPS) is 11.2. The van der Waals surface area contributed by atoms with Crippen LogP contribution >= 0.6 is 22.9 Å². The van der Waals surface area contributed by atoms with E-state index in [1.807, 2.05) is 36.4 Å². The van der Waals surface area contributed by atoms with E-state index < -0.39 is 0 Å². The van der Waals surface area contributed by atoms with E-state index in [1.165, 1.54) is 11.3 Å². The molecule has 2 aromatic carbocycles. The minimum atomic E-state index is -0.240. The lowest BCUT2D eigenvalue weighted by molar-refractivity contribution is -0.112. The predicted octanol–water partition coefficient (Wildman–Crippen LogP) is 4.21. The van der Waals surface area contributed by atoms with Crippen molar-refractivity contribution in [3.8, 4) is 0 Å². The van der Waals surface area contributed by atoms with Crippen molar-refractivity contribution in [2.24, 2.45) is 0 Å². The highest BCUT2D eigenvalue weighted by Crippen LogP contribution is 2.18. The molecular formula is C21H19ClN4O2S. The minimum absolute atomic E-state index is 0.233. The summed E-state index contributed by atoms with van der Waals surface area (Å²) < 4.78 is 0. The van der Waals surface area contributed by atoms with Gasteiger partial charge in [0.2, 0.25) is 5.13 Å². The zero-order valence-electron chi connectivity index (χ0n) is 15.7. The summed E-state index contributed by atoms with van der Waals surface area (Å²) in [4.78, 5) is 24.4. The van der Waals surface area contributed by atoms with Crippen molar-refractivity contribution < 1.29 is 9.59 Å². The second kappa shape index (κ2) is 9.95.